The lowest BCUT2D eigenvalue weighted by Crippen LogP contribution is -2.44. The van der Waals surface area contributed by atoms with E-state index in [1.165, 1.54) is 11.8 Å². The summed E-state index contributed by atoms with van der Waals surface area (Å²) in [7, 11) is 1.63. The molecule has 0 saturated heterocycles. The highest BCUT2D eigenvalue weighted by molar-refractivity contribution is 8.01. The number of nitrogens with one attached hydrogen (secondary N) is 1. The lowest BCUT2D eigenvalue weighted by molar-refractivity contribution is -0.135. The largest absolute Gasteiger partial charge is 0.383 e. The fraction of sp³-hybridized carbons (Fsp3) is 0.556. The van der Waals surface area contributed by atoms with Crippen LogP contribution in [-0.2, 0) is 14.3 Å². The first-order valence-corrected chi connectivity index (χ1v) is 9.81. The number of rotatable bonds is 8. The summed E-state index contributed by atoms with van der Waals surface area (Å²) in [6.45, 7) is 5.19. The molecule has 7 heteroatoms. The minimum Gasteiger partial charge on any atom is -0.383 e. The highest BCUT2D eigenvalue weighted by atomic mass is 35.5. The quantitative estimate of drug-likeness (QED) is 0.740. The number of ether oxygens (including phenoxy) is 1. The molecule has 0 fully saturated rings. The summed E-state index contributed by atoms with van der Waals surface area (Å²) in [6.07, 6.45) is 1.95. The van der Waals surface area contributed by atoms with E-state index in [1.54, 1.807) is 19.2 Å². The summed E-state index contributed by atoms with van der Waals surface area (Å²) in [6, 6.07) is 5.57. The summed E-state index contributed by atoms with van der Waals surface area (Å²) < 4.78 is 5.14. The van der Waals surface area contributed by atoms with Gasteiger partial charge in [0.05, 0.1) is 17.5 Å². The molecule has 138 valence electrons. The van der Waals surface area contributed by atoms with Gasteiger partial charge in [-0.2, -0.15) is 0 Å². The summed E-state index contributed by atoms with van der Waals surface area (Å²) >= 11 is 7.39. The predicted octanol–water partition coefficient (Wildman–Crippen LogP) is 3.81. The van der Waals surface area contributed by atoms with Gasteiger partial charge in [0.25, 0.3) is 0 Å². The fourth-order valence-corrected chi connectivity index (χ4v) is 4.22. The van der Waals surface area contributed by atoms with E-state index in [0.717, 1.165) is 17.7 Å². The molecule has 1 N–H and O–H groups in total. The van der Waals surface area contributed by atoms with Gasteiger partial charge in [-0.3, -0.25) is 9.59 Å². The van der Waals surface area contributed by atoms with Crippen molar-refractivity contribution in [2.24, 2.45) is 0 Å². The zero-order valence-electron chi connectivity index (χ0n) is 14.9. The molecule has 1 unspecified atom stereocenters. The SMILES string of the molecule is CCC(CC)N(CCOC)C(=O)CC1Sc2ccc(Cl)cc2NC1=O. The number of carbonyl (C=O) groups excluding carboxylic acids is 2. The van der Waals surface area contributed by atoms with E-state index >= 15 is 0 Å². The molecule has 1 aromatic carbocycles. The molecule has 2 amide bonds. The van der Waals surface area contributed by atoms with Crippen LogP contribution in [0.5, 0.6) is 0 Å². The maximum Gasteiger partial charge on any atom is 0.238 e. The van der Waals surface area contributed by atoms with Gasteiger partial charge in [0.1, 0.15) is 0 Å². The lowest BCUT2D eigenvalue weighted by atomic mass is 10.1. The highest BCUT2D eigenvalue weighted by Gasteiger charge is 2.32. The van der Waals surface area contributed by atoms with Gasteiger partial charge in [-0.05, 0) is 31.0 Å². The van der Waals surface area contributed by atoms with Gasteiger partial charge in [0, 0.05) is 36.0 Å². The first-order chi connectivity index (χ1) is 12.0. The zero-order chi connectivity index (χ0) is 18.4. The van der Waals surface area contributed by atoms with Crippen molar-refractivity contribution in [3.8, 4) is 0 Å². The lowest BCUT2D eigenvalue weighted by Gasteiger charge is -2.32. The number of amides is 2. The van der Waals surface area contributed by atoms with E-state index < -0.39 is 5.25 Å². The Bertz CT molecular complexity index is 622. The summed E-state index contributed by atoms with van der Waals surface area (Å²) in [5, 5.41) is 3.00. The van der Waals surface area contributed by atoms with Crippen molar-refractivity contribution in [1.29, 1.82) is 0 Å². The molecule has 0 aromatic heterocycles. The number of hydrogen-bond acceptors (Lipinski definition) is 4. The fourth-order valence-electron chi connectivity index (χ4n) is 2.96. The van der Waals surface area contributed by atoms with Crippen LogP contribution in [0, 0.1) is 0 Å². The Morgan fingerprint density at radius 1 is 1.40 bits per heavy atom. The first kappa shape index (κ1) is 20.1. The number of carbonyl (C=O) groups is 2. The highest BCUT2D eigenvalue weighted by Crippen LogP contribution is 2.38. The van der Waals surface area contributed by atoms with Gasteiger partial charge in [-0.1, -0.05) is 25.4 Å². The van der Waals surface area contributed by atoms with E-state index in [4.69, 9.17) is 16.3 Å². The van der Waals surface area contributed by atoms with E-state index in [2.05, 4.69) is 19.2 Å². The number of thioether (sulfide) groups is 1. The molecule has 0 bridgehead atoms. The Balaban J connectivity index is 2.09. The number of benzene rings is 1. The number of nitrogens with zero attached hydrogens (tertiary/aromatic N) is 1. The monoisotopic (exact) mass is 384 g/mol. The molecule has 1 heterocycles. The van der Waals surface area contributed by atoms with Crippen LogP contribution in [0.4, 0.5) is 5.69 Å². The number of fused-ring (bicyclic) bond motifs is 1. The molecule has 5 nitrogen and oxygen atoms in total. The predicted molar refractivity (Wildman–Crippen MR) is 102 cm³/mol. The van der Waals surface area contributed by atoms with Crippen LogP contribution in [0.2, 0.25) is 5.02 Å². The topological polar surface area (TPSA) is 58.6 Å². The molecule has 1 aliphatic heterocycles. The van der Waals surface area contributed by atoms with Crippen LogP contribution in [0.25, 0.3) is 0 Å². The van der Waals surface area contributed by atoms with E-state index in [1.807, 2.05) is 11.0 Å². The van der Waals surface area contributed by atoms with Gasteiger partial charge in [-0.15, -0.1) is 11.8 Å². The normalized spacial score (nSPS) is 16.5. The second kappa shape index (κ2) is 9.46. The van der Waals surface area contributed by atoms with E-state index in [0.29, 0.717) is 23.9 Å². The third-order valence-corrected chi connectivity index (χ3v) is 5.87. The van der Waals surface area contributed by atoms with Gasteiger partial charge >= 0.3 is 0 Å². The zero-order valence-corrected chi connectivity index (χ0v) is 16.5. The molecule has 2 rings (SSSR count). The molecule has 0 spiro atoms. The Hall–Kier alpha value is -1.24. The number of anilines is 1. The molecule has 1 aromatic rings. The van der Waals surface area contributed by atoms with Crippen LogP contribution < -0.4 is 5.32 Å². The van der Waals surface area contributed by atoms with Crippen molar-refractivity contribution in [2.75, 3.05) is 25.6 Å². The molecule has 1 atom stereocenters. The summed E-state index contributed by atoms with van der Waals surface area (Å²) in [5.74, 6) is -0.153. The summed E-state index contributed by atoms with van der Waals surface area (Å²) in [5.41, 5.74) is 0.711. The average molecular weight is 385 g/mol. The maximum atomic E-state index is 12.8. The Morgan fingerprint density at radius 2 is 2.12 bits per heavy atom. The van der Waals surface area contributed by atoms with Crippen molar-refractivity contribution in [3.63, 3.8) is 0 Å². The summed E-state index contributed by atoms with van der Waals surface area (Å²) in [4.78, 5) is 28.0. The molecule has 0 radical (unpaired) electrons. The van der Waals surface area contributed by atoms with E-state index in [9.17, 15) is 9.59 Å². The standard InChI is InChI=1S/C18H25ClN2O3S/c1-4-13(5-2)21(8-9-24-3)17(22)11-16-18(23)20-14-10-12(19)6-7-15(14)25-16/h6-7,10,13,16H,4-5,8-9,11H2,1-3H3,(H,20,23). The van der Waals surface area contributed by atoms with Crippen molar-refractivity contribution >= 4 is 40.9 Å². The number of hydrogen-bond donors (Lipinski definition) is 1. The van der Waals surface area contributed by atoms with Gasteiger partial charge in [-0.25, -0.2) is 0 Å². The molecule has 1 aliphatic rings. The van der Waals surface area contributed by atoms with Crippen LogP contribution in [0.15, 0.2) is 23.1 Å². The smallest absolute Gasteiger partial charge is 0.238 e. The second-order valence-corrected chi connectivity index (χ2v) is 7.67. The van der Waals surface area contributed by atoms with E-state index in [-0.39, 0.29) is 24.3 Å². The van der Waals surface area contributed by atoms with Crippen LogP contribution in [0.3, 0.4) is 0 Å². The maximum absolute atomic E-state index is 12.8. The minimum atomic E-state index is -0.430. The number of methoxy groups -OCH3 is 1. The Morgan fingerprint density at radius 3 is 2.76 bits per heavy atom. The second-order valence-electron chi connectivity index (χ2n) is 5.99. The van der Waals surface area contributed by atoms with Crippen molar-refractivity contribution < 1.29 is 14.3 Å². The average Bonchev–Trinajstić information content (AvgIpc) is 2.59. The van der Waals surface area contributed by atoms with Crippen LogP contribution >= 0.6 is 23.4 Å². The van der Waals surface area contributed by atoms with Crippen molar-refractivity contribution in [2.45, 2.75) is 49.3 Å². The van der Waals surface area contributed by atoms with Gasteiger partial charge < -0.3 is 15.0 Å². The molecule has 25 heavy (non-hydrogen) atoms. The third-order valence-electron chi connectivity index (χ3n) is 4.36. The Kier molecular flexibility index (Phi) is 7.59. The van der Waals surface area contributed by atoms with Crippen molar-refractivity contribution in [3.05, 3.63) is 23.2 Å². The minimum absolute atomic E-state index is 0.00388. The molecular weight excluding hydrogens is 360 g/mol. The first-order valence-electron chi connectivity index (χ1n) is 8.55. The molecule has 0 aliphatic carbocycles. The van der Waals surface area contributed by atoms with Gasteiger partial charge in [0.15, 0.2) is 0 Å². The molecular formula is C18H25ClN2O3S. The number of halogens is 1. The van der Waals surface area contributed by atoms with Gasteiger partial charge in [0.2, 0.25) is 11.8 Å². The Labute approximate surface area is 158 Å². The van der Waals surface area contributed by atoms with Crippen LogP contribution in [-0.4, -0.2) is 48.3 Å². The third kappa shape index (κ3) is 5.12. The molecule has 0 saturated carbocycles. The van der Waals surface area contributed by atoms with Crippen LogP contribution in [0.1, 0.15) is 33.1 Å². The van der Waals surface area contributed by atoms with Crippen molar-refractivity contribution in [1.82, 2.24) is 4.90 Å².